The van der Waals surface area contributed by atoms with Crippen LogP contribution in [0.3, 0.4) is 0 Å². The van der Waals surface area contributed by atoms with Gasteiger partial charge in [0, 0.05) is 0 Å². The van der Waals surface area contributed by atoms with E-state index in [1.165, 1.54) is 0 Å². The van der Waals surface area contributed by atoms with Crippen LogP contribution in [-0.4, -0.2) is 23.5 Å². The zero-order chi connectivity index (χ0) is 9.97. The second kappa shape index (κ2) is 4.95. The van der Waals surface area contributed by atoms with E-state index in [0.29, 0.717) is 11.5 Å². The summed E-state index contributed by atoms with van der Waals surface area (Å²) in [6, 6.07) is 3.34. The lowest BCUT2D eigenvalue weighted by Crippen LogP contribution is -2.50. The Balaban J connectivity index is 0.00000112. The first-order valence-corrected chi connectivity index (χ1v) is 4.51. The zero-order valence-electron chi connectivity index (χ0n) is 8.06. The molecule has 0 radical (unpaired) electrons. The van der Waals surface area contributed by atoms with Crippen LogP contribution in [0, 0.1) is 0 Å². The van der Waals surface area contributed by atoms with Gasteiger partial charge in [0.2, 0.25) is 5.91 Å². The van der Waals surface area contributed by atoms with Crippen LogP contribution in [0.1, 0.15) is 6.42 Å². The molecule has 0 aromatic carbocycles. The number of nitrogens with two attached hydrogens (primary N) is 1. The van der Waals surface area contributed by atoms with E-state index in [-0.39, 0.29) is 24.4 Å². The van der Waals surface area contributed by atoms with Crippen molar-refractivity contribution in [1.82, 2.24) is 10.3 Å². The van der Waals surface area contributed by atoms with Gasteiger partial charge in [0.25, 0.3) is 0 Å². The highest BCUT2D eigenvalue weighted by Gasteiger charge is 2.24. The first-order chi connectivity index (χ1) is 6.75. The molecule has 1 aromatic heterocycles. The molecule has 1 aliphatic rings. The third-order valence-electron chi connectivity index (χ3n) is 2.19. The monoisotopic (exact) mass is 228 g/mol. The van der Waals surface area contributed by atoms with E-state index in [0.717, 1.165) is 13.0 Å². The summed E-state index contributed by atoms with van der Waals surface area (Å²) in [5.41, 5.74) is 6.10. The molecule has 4 N–H and O–H groups in total. The highest BCUT2D eigenvalue weighted by Crippen LogP contribution is 2.09. The maximum Gasteiger partial charge on any atom is 0.241 e. The van der Waals surface area contributed by atoms with Crippen LogP contribution in [0.25, 0.3) is 0 Å². The summed E-state index contributed by atoms with van der Waals surface area (Å²) in [5, 5.41) is 5.77. The molecule has 1 atom stereocenters. The van der Waals surface area contributed by atoms with Gasteiger partial charge < -0.3 is 16.4 Å². The number of anilines is 2. The minimum absolute atomic E-state index is 0. The average molecular weight is 229 g/mol. The summed E-state index contributed by atoms with van der Waals surface area (Å²) in [6.07, 6.45) is 2.44. The minimum atomic E-state index is -0.0486. The lowest BCUT2D eigenvalue weighted by Gasteiger charge is -2.26. The number of nitrogen functional groups attached to an aromatic ring is 1. The van der Waals surface area contributed by atoms with E-state index in [4.69, 9.17) is 5.73 Å². The number of carbonyl (C=O) groups excluding carboxylic acids is 1. The molecular weight excluding hydrogens is 216 g/mol. The van der Waals surface area contributed by atoms with Gasteiger partial charge in [-0.05, 0) is 25.1 Å². The topological polar surface area (TPSA) is 80.0 Å². The fourth-order valence-corrected chi connectivity index (χ4v) is 1.22. The summed E-state index contributed by atoms with van der Waals surface area (Å²) in [6.45, 7) is 0.915. The summed E-state index contributed by atoms with van der Waals surface area (Å²) in [5.74, 6) is 0.438. The third-order valence-corrected chi connectivity index (χ3v) is 2.19. The Labute approximate surface area is 93.9 Å². The van der Waals surface area contributed by atoms with Gasteiger partial charge in [0.15, 0.2) is 0 Å². The van der Waals surface area contributed by atoms with Crippen molar-refractivity contribution in [2.75, 3.05) is 17.6 Å². The maximum absolute atomic E-state index is 11.4. The number of pyridine rings is 1. The van der Waals surface area contributed by atoms with Gasteiger partial charge in [-0.2, -0.15) is 0 Å². The number of nitrogens with one attached hydrogen (secondary N) is 2. The zero-order valence-corrected chi connectivity index (χ0v) is 8.88. The highest BCUT2D eigenvalue weighted by atomic mass is 35.5. The van der Waals surface area contributed by atoms with Crippen LogP contribution >= 0.6 is 12.4 Å². The molecule has 1 saturated heterocycles. The molecule has 1 aliphatic heterocycles. The molecule has 2 rings (SSSR count). The van der Waals surface area contributed by atoms with Crippen LogP contribution in [0.15, 0.2) is 18.3 Å². The molecule has 6 heteroatoms. The Morgan fingerprint density at radius 2 is 2.33 bits per heavy atom. The van der Waals surface area contributed by atoms with Crippen LogP contribution in [0.5, 0.6) is 0 Å². The molecule has 5 nitrogen and oxygen atoms in total. The first kappa shape index (κ1) is 11.7. The van der Waals surface area contributed by atoms with E-state index in [1.54, 1.807) is 18.3 Å². The van der Waals surface area contributed by atoms with Crippen molar-refractivity contribution in [2.45, 2.75) is 12.5 Å². The fourth-order valence-electron chi connectivity index (χ4n) is 1.22. The number of rotatable bonds is 2. The van der Waals surface area contributed by atoms with Crippen molar-refractivity contribution in [3.05, 3.63) is 18.3 Å². The van der Waals surface area contributed by atoms with Crippen molar-refractivity contribution in [2.24, 2.45) is 0 Å². The van der Waals surface area contributed by atoms with Gasteiger partial charge in [0.05, 0.1) is 17.9 Å². The third kappa shape index (κ3) is 2.81. The second-order valence-electron chi connectivity index (χ2n) is 3.26. The van der Waals surface area contributed by atoms with E-state index in [9.17, 15) is 4.79 Å². The van der Waals surface area contributed by atoms with Gasteiger partial charge in [-0.15, -0.1) is 12.4 Å². The summed E-state index contributed by atoms with van der Waals surface area (Å²) in [7, 11) is 0. The van der Waals surface area contributed by atoms with Crippen LogP contribution in [-0.2, 0) is 4.79 Å². The lowest BCUT2D eigenvalue weighted by atomic mass is 10.1. The molecule has 1 aromatic rings. The molecule has 2 heterocycles. The van der Waals surface area contributed by atoms with E-state index < -0.39 is 0 Å². The summed E-state index contributed by atoms with van der Waals surface area (Å²) in [4.78, 5) is 15.3. The van der Waals surface area contributed by atoms with Crippen LogP contribution in [0.2, 0.25) is 0 Å². The standard InChI is InChI=1S/C9H12N4O.ClH/c10-8-2-1-6(5-12-8)13-9(14)7-3-4-11-7;/h1-2,5,7,11H,3-4H2,(H2,10,12)(H,13,14);1H/t7-;/m1./s1. The lowest BCUT2D eigenvalue weighted by molar-refractivity contribution is -0.119. The largest absolute Gasteiger partial charge is 0.384 e. The van der Waals surface area contributed by atoms with Crippen molar-refractivity contribution in [3.63, 3.8) is 0 Å². The summed E-state index contributed by atoms with van der Waals surface area (Å²) < 4.78 is 0. The maximum atomic E-state index is 11.4. The molecule has 0 unspecified atom stereocenters. The van der Waals surface area contributed by atoms with Crippen LogP contribution < -0.4 is 16.4 Å². The highest BCUT2D eigenvalue weighted by molar-refractivity contribution is 5.95. The van der Waals surface area contributed by atoms with E-state index >= 15 is 0 Å². The molecular formula is C9H13ClN4O. The van der Waals surface area contributed by atoms with Gasteiger partial charge >= 0.3 is 0 Å². The molecule has 0 aliphatic carbocycles. The summed E-state index contributed by atoms with van der Waals surface area (Å²) >= 11 is 0. The first-order valence-electron chi connectivity index (χ1n) is 4.51. The van der Waals surface area contributed by atoms with Gasteiger partial charge in [-0.1, -0.05) is 0 Å². The van der Waals surface area contributed by atoms with Gasteiger partial charge in [-0.25, -0.2) is 4.98 Å². The molecule has 0 bridgehead atoms. The molecule has 0 saturated carbocycles. The van der Waals surface area contributed by atoms with Crippen molar-refractivity contribution in [1.29, 1.82) is 0 Å². The number of hydrogen-bond acceptors (Lipinski definition) is 4. The Morgan fingerprint density at radius 1 is 1.60 bits per heavy atom. The molecule has 1 fully saturated rings. The van der Waals surface area contributed by atoms with Crippen molar-refractivity contribution < 1.29 is 4.79 Å². The Hall–Kier alpha value is -1.33. The molecule has 82 valence electrons. The van der Waals surface area contributed by atoms with Gasteiger partial charge in [0.1, 0.15) is 5.82 Å². The average Bonchev–Trinajstić information content (AvgIpc) is 2.06. The normalized spacial score (nSPS) is 18.5. The van der Waals surface area contributed by atoms with Crippen molar-refractivity contribution in [3.8, 4) is 0 Å². The second-order valence-corrected chi connectivity index (χ2v) is 3.26. The molecule has 0 spiro atoms. The quantitative estimate of drug-likeness (QED) is 0.684. The van der Waals surface area contributed by atoms with E-state index in [1.807, 2.05) is 0 Å². The Kier molecular flexibility index (Phi) is 3.88. The number of amides is 1. The van der Waals surface area contributed by atoms with E-state index in [2.05, 4.69) is 15.6 Å². The number of halogens is 1. The minimum Gasteiger partial charge on any atom is -0.384 e. The number of carbonyl (C=O) groups is 1. The smallest absolute Gasteiger partial charge is 0.241 e. The molecule has 1 amide bonds. The Bertz CT molecular complexity index is 336. The number of hydrogen-bond donors (Lipinski definition) is 3. The predicted molar refractivity (Wildman–Crippen MR) is 60.9 cm³/mol. The predicted octanol–water partition coefficient (Wildman–Crippen LogP) is 0.386. The van der Waals surface area contributed by atoms with Crippen molar-refractivity contribution >= 4 is 29.8 Å². The number of nitrogens with zero attached hydrogens (tertiary/aromatic N) is 1. The SMILES string of the molecule is Cl.Nc1ccc(NC(=O)[C@H]2CCN2)cn1. The molecule has 15 heavy (non-hydrogen) atoms. The van der Waals surface area contributed by atoms with Crippen LogP contribution in [0.4, 0.5) is 11.5 Å². The Morgan fingerprint density at radius 3 is 2.80 bits per heavy atom. The number of aromatic nitrogens is 1. The fraction of sp³-hybridized carbons (Fsp3) is 0.333. The van der Waals surface area contributed by atoms with Gasteiger partial charge in [-0.3, -0.25) is 4.79 Å².